The van der Waals surface area contributed by atoms with Crippen molar-refractivity contribution in [2.45, 2.75) is 5.16 Å². The second-order valence-corrected chi connectivity index (χ2v) is 8.63. The van der Waals surface area contributed by atoms with Gasteiger partial charge in [0.1, 0.15) is 11.6 Å². The molecule has 1 aromatic heterocycles. The number of nitrogens with zero attached hydrogens (tertiary/aromatic N) is 4. The SMILES string of the molecule is Nc1cc(=O)nc(SCC(=O)N2CCN(c3ccc(F)cc3)CC2)n1-c1ccc(Cl)cc1. The van der Waals surface area contributed by atoms with E-state index in [1.807, 2.05) is 0 Å². The summed E-state index contributed by atoms with van der Waals surface area (Å²) in [5.41, 5.74) is 7.24. The third-order valence-electron chi connectivity index (χ3n) is 5.16. The van der Waals surface area contributed by atoms with Crippen molar-refractivity contribution in [1.82, 2.24) is 14.5 Å². The Morgan fingerprint density at radius 3 is 2.31 bits per heavy atom. The number of hydrogen-bond donors (Lipinski definition) is 1. The van der Waals surface area contributed by atoms with E-state index in [1.165, 1.54) is 30.0 Å². The molecule has 0 spiro atoms. The molecular formula is C22H21ClFN5O2S. The first-order chi connectivity index (χ1) is 15.4. The number of amides is 1. The highest BCUT2D eigenvalue weighted by Crippen LogP contribution is 2.24. The largest absolute Gasteiger partial charge is 0.385 e. The number of piperazine rings is 1. The molecule has 0 aliphatic carbocycles. The number of thioether (sulfide) groups is 1. The van der Waals surface area contributed by atoms with Gasteiger partial charge in [-0.15, -0.1) is 0 Å². The van der Waals surface area contributed by atoms with Crippen LogP contribution in [0.2, 0.25) is 5.02 Å². The van der Waals surface area contributed by atoms with Gasteiger partial charge in [0.15, 0.2) is 5.16 Å². The Kier molecular flexibility index (Phi) is 6.66. The van der Waals surface area contributed by atoms with Gasteiger partial charge in [-0.05, 0) is 48.5 Å². The number of hydrogen-bond acceptors (Lipinski definition) is 6. The number of carbonyl (C=O) groups excluding carboxylic acids is 1. The molecule has 32 heavy (non-hydrogen) atoms. The van der Waals surface area contributed by atoms with Gasteiger partial charge in [0.25, 0.3) is 5.56 Å². The number of nitrogens with two attached hydrogens (primary N) is 1. The van der Waals surface area contributed by atoms with Gasteiger partial charge in [-0.1, -0.05) is 23.4 Å². The quantitative estimate of drug-likeness (QED) is 0.453. The lowest BCUT2D eigenvalue weighted by Gasteiger charge is -2.36. The molecule has 1 amide bonds. The van der Waals surface area contributed by atoms with Crippen molar-refractivity contribution in [2.75, 3.05) is 42.6 Å². The van der Waals surface area contributed by atoms with Crippen LogP contribution in [0.1, 0.15) is 0 Å². The van der Waals surface area contributed by atoms with Gasteiger partial charge in [-0.3, -0.25) is 14.2 Å². The van der Waals surface area contributed by atoms with Crippen molar-refractivity contribution in [1.29, 1.82) is 0 Å². The summed E-state index contributed by atoms with van der Waals surface area (Å²) in [6, 6.07) is 14.6. The fourth-order valence-corrected chi connectivity index (χ4v) is 4.56. The molecule has 4 rings (SSSR count). The van der Waals surface area contributed by atoms with Gasteiger partial charge in [0.05, 0.1) is 5.75 Å². The van der Waals surface area contributed by atoms with E-state index in [4.69, 9.17) is 17.3 Å². The Bertz CT molecular complexity index is 1160. The van der Waals surface area contributed by atoms with Gasteiger partial charge >= 0.3 is 0 Å². The number of benzene rings is 2. The second-order valence-electron chi connectivity index (χ2n) is 7.25. The summed E-state index contributed by atoms with van der Waals surface area (Å²) < 4.78 is 14.8. The van der Waals surface area contributed by atoms with Crippen molar-refractivity contribution in [3.63, 3.8) is 0 Å². The zero-order valence-corrected chi connectivity index (χ0v) is 18.7. The van der Waals surface area contributed by atoms with Crippen LogP contribution in [0.4, 0.5) is 15.9 Å². The smallest absolute Gasteiger partial charge is 0.275 e. The third kappa shape index (κ3) is 5.05. The third-order valence-corrected chi connectivity index (χ3v) is 6.34. The first-order valence-electron chi connectivity index (χ1n) is 9.97. The lowest BCUT2D eigenvalue weighted by atomic mass is 10.2. The lowest BCUT2D eigenvalue weighted by molar-refractivity contribution is -0.128. The zero-order chi connectivity index (χ0) is 22.7. The molecule has 1 saturated heterocycles. The molecule has 0 unspecified atom stereocenters. The maximum atomic E-state index is 13.1. The topological polar surface area (TPSA) is 84.5 Å². The van der Waals surface area contributed by atoms with Gasteiger partial charge in [0, 0.05) is 48.6 Å². The molecule has 0 atom stereocenters. The van der Waals surface area contributed by atoms with Crippen LogP contribution in [0.5, 0.6) is 0 Å². The molecule has 7 nitrogen and oxygen atoms in total. The van der Waals surface area contributed by atoms with E-state index in [-0.39, 0.29) is 23.3 Å². The Labute approximate surface area is 193 Å². The number of rotatable bonds is 5. The predicted octanol–water partition coefficient (Wildman–Crippen LogP) is 3.05. The number of halogens is 2. The first-order valence-corrected chi connectivity index (χ1v) is 11.3. The predicted molar refractivity (Wildman–Crippen MR) is 125 cm³/mol. The summed E-state index contributed by atoms with van der Waals surface area (Å²) in [6.07, 6.45) is 0. The van der Waals surface area contributed by atoms with Crippen LogP contribution in [0.15, 0.2) is 64.5 Å². The molecule has 1 fully saturated rings. The van der Waals surface area contributed by atoms with Crippen molar-refractivity contribution < 1.29 is 9.18 Å². The molecule has 3 aromatic rings. The van der Waals surface area contributed by atoms with E-state index in [2.05, 4.69) is 9.88 Å². The normalized spacial score (nSPS) is 13.9. The van der Waals surface area contributed by atoms with Crippen LogP contribution in [0.25, 0.3) is 5.69 Å². The minimum Gasteiger partial charge on any atom is -0.385 e. The number of nitrogen functional groups attached to an aromatic ring is 1. The molecule has 2 aromatic carbocycles. The molecule has 10 heteroatoms. The second kappa shape index (κ2) is 9.62. The summed E-state index contributed by atoms with van der Waals surface area (Å²) in [4.78, 5) is 32.7. The molecule has 1 aliphatic rings. The summed E-state index contributed by atoms with van der Waals surface area (Å²) in [6.45, 7) is 2.44. The Morgan fingerprint density at radius 1 is 1.03 bits per heavy atom. The molecule has 0 bridgehead atoms. The van der Waals surface area contributed by atoms with Crippen molar-refractivity contribution in [2.24, 2.45) is 0 Å². The standard InChI is InChI=1S/C22H21ClFN5O2S/c23-15-1-5-18(6-2-15)29-19(25)13-20(30)26-22(29)32-14-21(31)28-11-9-27(10-12-28)17-7-3-16(24)4-8-17/h1-8,13H,9-12,14,25H2. The molecule has 166 valence electrons. The van der Waals surface area contributed by atoms with Crippen LogP contribution in [-0.4, -0.2) is 52.3 Å². The summed E-state index contributed by atoms with van der Waals surface area (Å²) in [5, 5.41) is 0.918. The molecular weight excluding hydrogens is 453 g/mol. The van der Waals surface area contributed by atoms with Crippen LogP contribution < -0.4 is 16.2 Å². The maximum Gasteiger partial charge on any atom is 0.275 e. The minimum atomic E-state index is -0.462. The average Bonchev–Trinajstić information content (AvgIpc) is 2.79. The summed E-state index contributed by atoms with van der Waals surface area (Å²) in [5.74, 6) is 0.0372. The van der Waals surface area contributed by atoms with Crippen LogP contribution in [0.3, 0.4) is 0 Å². The van der Waals surface area contributed by atoms with E-state index in [9.17, 15) is 14.0 Å². The van der Waals surface area contributed by atoms with Crippen molar-refractivity contribution in [3.05, 3.63) is 75.8 Å². The van der Waals surface area contributed by atoms with Gasteiger partial charge < -0.3 is 15.5 Å². The van der Waals surface area contributed by atoms with E-state index in [0.29, 0.717) is 42.0 Å². The number of aromatic nitrogens is 2. The van der Waals surface area contributed by atoms with E-state index >= 15 is 0 Å². The average molecular weight is 474 g/mol. The molecule has 2 heterocycles. The molecule has 1 aliphatic heterocycles. The Balaban J connectivity index is 1.42. The Morgan fingerprint density at radius 2 is 1.66 bits per heavy atom. The monoisotopic (exact) mass is 473 g/mol. The minimum absolute atomic E-state index is 0.0481. The van der Waals surface area contributed by atoms with E-state index < -0.39 is 5.56 Å². The van der Waals surface area contributed by atoms with Gasteiger partial charge in [-0.25, -0.2) is 4.39 Å². The summed E-state index contributed by atoms with van der Waals surface area (Å²) in [7, 11) is 0. The fraction of sp³-hybridized carbons (Fsp3) is 0.227. The summed E-state index contributed by atoms with van der Waals surface area (Å²) >= 11 is 7.13. The van der Waals surface area contributed by atoms with E-state index in [1.54, 1.807) is 45.9 Å². The molecule has 0 radical (unpaired) electrons. The molecule has 2 N–H and O–H groups in total. The van der Waals surface area contributed by atoms with Crippen LogP contribution in [-0.2, 0) is 4.79 Å². The van der Waals surface area contributed by atoms with Gasteiger partial charge in [-0.2, -0.15) is 4.98 Å². The maximum absolute atomic E-state index is 13.1. The van der Waals surface area contributed by atoms with Crippen LogP contribution in [0, 0.1) is 5.82 Å². The highest BCUT2D eigenvalue weighted by atomic mass is 35.5. The lowest BCUT2D eigenvalue weighted by Crippen LogP contribution is -2.49. The zero-order valence-electron chi connectivity index (χ0n) is 17.1. The van der Waals surface area contributed by atoms with Crippen molar-refractivity contribution in [3.8, 4) is 5.69 Å². The number of carbonyl (C=O) groups is 1. The number of anilines is 2. The highest BCUT2D eigenvalue weighted by Gasteiger charge is 2.22. The van der Waals surface area contributed by atoms with Crippen LogP contribution >= 0.6 is 23.4 Å². The van der Waals surface area contributed by atoms with Crippen molar-refractivity contribution >= 4 is 40.8 Å². The van der Waals surface area contributed by atoms with Gasteiger partial charge in [0.2, 0.25) is 5.91 Å². The fourth-order valence-electron chi connectivity index (χ4n) is 3.51. The molecule has 0 saturated carbocycles. The highest BCUT2D eigenvalue weighted by molar-refractivity contribution is 7.99. The first kappa shape index (κ1) is 22.2. The Hall–Kier alpha value is -3.04. The van der Waals surface area contributed by atoms with E-state index in [0.717, 1.165) is 5.69 Å².